The Morgan fingerprint density at radius 3 is 2.41 bits per heavy atom. The first-order valence-corrected chi connectivity index (χ1v) is 8.99. The van der Waals surface area contributed by atoms with E-state index in [4.69, 9.17) is 0 Å². The maximum Gasteiger partial charge on any atom is 0.273 e. The van der Waals surface area contributed by atoms with E-state index in [0.29, 0.717) is 16.3 Å². The van der Waals surface area contributed by atoms with Crippen LogP contribution in [0.3, 0.4) is 0 Å². The minimum absolute atomic E-state index is 0.0800. The van der Waals surface area contributed by atoms with Gasteiger partial charge in [-0.15, -0.1) is 0 Å². The largest absolute Gasteiger partial charge is 0.320 e. The number of nitrogens with zero attached hydrogens (tertiary/aromatic N) is 3. The quantitative estimate of drug-likeness (QED) is 0.523. The maximum absolute atomic E-state index is 12.5. The number of rotatable bonds is 5. The summed E-state index contributed by atoms with van der Waals surface area (Å²) in [6, 6.07) is 14.1. The smallest absolute Gasteiger partial charge is 0.273 e. The van der Waals surface area contributed by atoms with Gasteiger partial charge in [-0.25, -0.2) is 0 Å². The second-order valence-corrected chi connectivity index (χ2v) is 7.28. The summed E-state index contributed by atoms with van der Waals surface area (Å²) >= 11 is 1.40. The Balaban J connectivity index is 1.89. The van der Waals surface area contributed by atoms with Crippen LogP contribution in [0.2, 0.25) is 0 Å². The van der Waals surface area contributed by atoms with Gasteiger partial charge in [-0.3, -0.25) is 19.6 Å². The van der Waals surface area contributed by atoms with Crippen molar-refractivity contribution in [2.24, 2.45) is 7.05 Å². The lowest BCUT2D eigenvalue weighted by Crippen LogP contribution is -2.16. The summed E-state index contributed by atoms with van der Waals surface area (Å²) in [5.41, 5.74) is 2.52. The number of hydrogen-bond acceptors (Lipinski definition) is 5. The average molecular weight is 382 g/mol. The summed E-state index contributed by atoms with van der Waals surface area (Å²) in [6.07, 6.45) is 0. The summed E-state index contributed by atoms with van der Waals surface area (Å²) in [7, 11) is 1.67. The number of hydrogen-bond donors (Lipinski definition) is 1. The van der Waals surface area contributed by atoms with E-state index >= 15 is 0 Å². The van der Waals surface area contributed by atoms with Crippen molar-refractivity contribution in [3.05, 3.63) is 75.6 Å². The number of nitro benzene ring substituents is 1. The molecule has 0 saturated carbocycles. The van der Waals surface area contributed by atoms with Gasteiger partial charge in [0.2, 0.25) is 0 Å². The molecule has 0 aliphatic rings. The van der Waals surface area contributed by atoms with E-state index in [1.807, 2.05) is 31.2 Å². The minimum atomic E-state index is -0.469. The molecule has 8 heteroatoms. The normalized spacial score (nSPS) is 10.6. The summed E-state index contributed by atoms with van der Waals surface area (Å²) < 4.78 is 1.48. The predicted molar refractivity (Wildman–Crippen MR) is 104 cm³/mol. The lowest BCUT2D eigenvalue weighted by atomic mass is 10.2. The Labute approximate surface area is 160 Å². The van der Waals surface area contributed by atoms with Crippen molar-refractivity contribution in [2.45, 2.75) is 23.6 Å². The minimum Gasteiger partial charge on any atom is -0.320 e. The fraction of sp³-hybridized carbons (Fsp3) is 0.158. The summed E-state index contributed by atoms with van der Waals surface area (Å²) in [4.78, 5) is 24.9. The van der Waals surface area contributed by atoms with Crippen molar-refractivity contribution in [3.63, 3.8) is 0 Å². The Hall–Kier alpha value is -3.13. The van der Waals surface area contributed by atoms with Crippen LogP contribution in [0.1, 0.15) is 21.7 Å². The topological polar surface area (TPSA) is 90.1 Å². The summed E-state index contributed by atoms with van der Waals surface area (Å²) in [5, 5.41) is 18.2. The van der Waals surface area contributed by atoms with E-state index in [1.165, 1.54) is 28.6 Å². The van der Waals surface area contributed by atoms with E-state index in [2.05, 4.69) is 10.4 Å². The van der Waals surface area contributed by atoms with Crippen LogP contribution in [-0.4, -0.2) is 20.6 Å². The highest BCUT2D eigenvalue weighted by Gasteiger charge is 2.16. The summed E-state index contributed by atoms with van der Waals surface area (Å²) in [6.45, 7) is 3.79. The van der Waals surface area contributed by atoms with Crippen LogP contribution >= 0.6 is 11.8 Å². The SMILES string of the molecule is Cc1ccc(Sc2cc(NC(=O)c3cc(C)nn3C)cc([N+](=O)[O-])c2)cc1. The second kappa shape index (κ2) is 7.63. The summed E-state index contributed by atoms with van der Waals surface area (Å²) in [5.74, 6) is -0.370. The van der Waals surface area contributed by atoms with E-state index in [0.717, 1.165) is 16.2 Å². The molecule has 138 valence electrons. The fourth-order valence-electron chi connectivity index (χ4n) is 2.58. The molecule has 27 heavy (non-hydrogen) atoms. The van der Waals surface area contributed by atoms with Crippen molar-refractivity contribution < 1.29 is 9.72 Å². The van der Waals surface area contributed by atoms with E-state index in [1.54, 1.807) is 26.1 Å². The highest BCUT2D eigenvalue weighted by molar-refractivity contribution is 7.99. The average Bonchev–Trinajstić information content (AvgIpc) is 2.95. The molecule has 1 aromatic heterocycles. The molecular formula is C19H18N4O3S. The van der Waals surface area contributed by atoms with Crippen molar-refractivity contribution in [1.29, 1.82) is 0 Å². The monoisotopic (exact) mass is 382 g/mol. The molecule has 0 saturated heterocycles. The second-order valence-electron chi connectivity index (χ2n) is 6.14. The molecule has 0 aliphatic carbocycles. The number of benzene rings is 2. The number of non-ortho nitro benzene ring substituents is 1. The number of amides is 1. The third-order valence-electron chi connectivity index (χ3n) is 3.85. The van der Waals surface area contributed by atoms with Gasteiger partial charge in [0.05, 0.1) is 10.6 Å². The van der Waals surface area contributed by atoms with Crippen molar-refractivity contribution in [3.8, 4) is 0 Å². The molecule has 1 heterocycles. The molecule has 2 aromatic carbocycles. The molecule has 0 bridgehead atoms. The molecular weight excluding hydrogens is 364 g/mol. The van der Waals surface area contributed by atoms with E-state index in [9.17, 15) is 14.9 Å². The number of nitrogens with one attached hydrogen (secondary N) is 1. The number of aromatic nitrogens is 2. The van der Waals surface area contributed by atoms with Crippen molar-refractivity contribution >= 4 is 29.0 Å². The Morgan fingerprint density at radius 1 is 1.11 bits per heavy atom. The van der Waals surface area contributed by atoms with E-state index < -0.39 is 4.92 Å². The van der Waals surface area contributed by atoms with Gasteiger partial charge < -0.3 is 5.32 Å². The molecule has 1 amide bonds. The number of carbonyl (C=O) groups excluding carboxylic acids is 1. The van der Waals surface area contributed by atoms with Gasteiger partial charge in [-0.1, -0.05) is 29.5 Å². The first kappa shape index (κ1) is 18.7. The van der Waals surface area contributed by atoms with Gasteiger partial charge in [-0.2, -0.15) is 5.10 Å². The zero-order valence-electron chi connectivity index (χ0n) is 15.1. The van der Waals surface area contributed by atoms with Crippen LogP contribution in [0.25, 0.3) is 0 Å². The molecule has 0 atom stereocenters. The predicted octanol–water partition coefficient (Wildman–Crippen LogP) is 4.35. The van der Waals surface area contributed by atoms with Crippen LogP contribution < -0.4 is 5.32 Å². The van der Waals surface area contributed by atoms with Gasteiger partial charge in [0.15, 0.2) is 0 Å². The number of aryl methyl sites for hydroxylation is 3. The third kappa shape index (κ3) is 4.53. The first-order valence-electron chi connectivity index (χ1n) is 8.18. The maximum atomic E-state index is 12.5. The number of carbonyl (C=O) groups is 1. The van der Waals surface area contributed by atoms with Gasteiger partial charge in [0.1, 0.15) is 5.69 Å². The molecule has 3 rings (SSSR count). The first-order chi connectivity index (χ1) is 12.8. The van der Waals surface area contributed by atoms with Crippen LogP contribution in [0.15, 0.2) is 58.3 Å². The molecule has 0 unspecified atom stereocenters. The standard InChI is InChI=1S/C19H18N4O3S/c1-12-4-6-16(7-5-12)27-17-10-14(9-15(11-17)23(25)26)20-19(24)18-8-13(2)21-22(18)3/h4-11H,1-3H3,(H,20,24). The van der Waals surface area contributed by atoms with E-state index in [-0.39, 0.29) is 11.6 Å². The molecule has 0 spiro atoms. The number of nitro groups is 1. The van der Waals surface area contributed by atoms with Gasteiger partial charge in [0.25, 0.3) is 11.6 Å². The molecule has 1 N–H and O–H groups in total. The van der Waals surface area contributed by atoms with Crippen LogP contribution in [0.4, 0.5) is 11.4 Å². The van der Waals surface area contributed by atoms with Crippen LogP contribution in [0.5, 0.6) is 0 Å². The van der Waals surface area contributed by atoms with Crippen LogP contribution in [-0.2, 0) is 7.05 Å². The highest BCUT2D eigenvalue weighted by Crippen LogP contribution is 2.33. The fourth-order valence-corrected chi connectivity index (χ4v) is 3.49. The Bertz CT molecular complexity index is 1010. The molecule has 3 aromatic rings. The molecule has 0 aliphatic heterocycles. The molecule has 0 radical (unpaired) electrons. The third-order valence-corrected chi connectivity index (χ3v) is 4.83. The van der Waals surface area contributed by atoms with Gasteiger partial charge in [0, 0.05) is 34.7 Å². The highest BCUT2D eigenvalue weighted by atomic mass is 32.2. The Morgan fingerprint density at radius 2 is 1.81 bits per heavy atom. The lowest BCUT2D eigenvalue weighted by molar-refractivity contribution is -0.385. The number of anilines is 1. The van der Waals surface area contributed by atoms with Crippen LogP contribution in [0, 0.1) is 24.0 Å². The van der Waals surface area contributed by atoms with Crippen molar-refractivity contribution in [1.82, 2.24) is 9.78 Å². The van der Waals surface area contributed by atoms with Gasteiger partial charge >= 0.3 is 0 Å². The zero-order chi connectivity index (χ0) is 19.6. The molecule has 0 fully saturated rings. The zero-order valence-corrected chi connectivity index (χ0v) is 15.9. The molecule has 7 nitrogen and oxygen atoms in total. The Kier molecular flexibility index (Phi) is 5.27. The van der Waals surface area contributed by atoms with Gasteiger partial charge in [-0.05, 0) is 38.1 Å². The lowest BCUT2D eigenvalue weighted by Gasteiger charge is -2.08. The van der Waals surface area contributed by atoms with Crippen molar-refractivity contribution in [2.75, 3.05) is 5.32 Å².